The molecule has 0 aliphatic carbocycles. The highest BCUT2D eigenvalue weighted by molar-refractivity contribution is 5.67. The number of hydrogen-bond donors (Lipinski definition) is 0. The van der Waals surface area contributed by atoms with Crippen LogP contribution in [0, 0.1) is 11.3 Å². The van der Waals surface area contributed by atoms with E-state index < -0.39 is 17.2 Å². The van der Waals surface area contributed by atoms with Gasteiger partial charge in [-0.15, -0.1) is 0 Å². The molecule has 1 fully saturated rings. The SMILES string of the molecule is CC(=O)OC1(C#N)C[C@H]2C=C[C@]1(C)O2. The second kappa shape index (κ2) is 2.58. The van der Waals surface area contributed by atoms with Crippen molar-refractivity contribution in [1.82, 2.24) is 0 Å². The predicted molar refractivity (Wildman–Crippen MR) is 47.1 cm³/mol. The highest BCUT2D eigenvalue weighted by atomic mass is 16.6. The molecule has 1 unspecified atom stereocenters. The van der Waals surface area contributed by atoms with Crippen LogP contribution in [-0.4, -0.2) is 23.3 Å². The summed E-state index contributed by atoms with van der Waals surface area (Å²) in [5.74, 6) is -0.447. The van der Waals surface area contributed by atoms with Gasteiger partial charge in [0.05, 0.1) is 6.10 Å². The van der Waals surface area contributed by atoms with Crippen molar-refractivity contribution in [3.8, 4) is 6.07 Å². The van der Waals surface area contributed by atoms with Gasteiger partial charge in [-0.25, -0.2) is 0 Å². The molecule has 0 aromatic heterocycles. The lowest BCUT2D eigenvalue weighted by molar-refractivity contribution is -0.160. The molecule has 0 radical (unpaired) electrons. The van der Waals surface area contributed by atoms with Crippen molar-refractivity contribution >= 4 is 5.97 Å². The van der Waals surface area contributed by atoms with Gasteiger partial charge in [0, 0.05) is 13.3 Å². The van der Waals surface area contributed by atoms with Gasteiger partial charge >= 0.3 is 5.97 Å². The lowest BCUT2D eigenvalue weighted by Crippen LogP contribution is -2.49. The van der Waals surface area contributed by atoms with Crippen LogP contribution in [0.2, 0.25) is 0 Å². The van der Waals surface area contributed by atoms with Crippen LogP contribution in [0.15, 0.2) is 12.2 Å². The molecule has 0 aromatic rings. The minimum atomic E-state index is -1.14. The minimum Gasteiger partial charge on any atom is -0.440 e. The minimum absolute atomic E-state index is 0.0981. The third-order valence-electron chi connectivity index (χ3n) is 2.81. The summed E-state index contributed by atoms with van der Waals surface area (Å²) in [5, 5.41) is 9.11. The summed E-state index contributed by atoms with van der Waals surface area (Å²) in [4.78, 5) is 10.9. The Morgan fingerprint density at radius 1 is 1.79 bits per heavy atom. The molecule has 0 saturated carbocycles. The van der Waals surface area contributed by atoms with Gasteiger partial charge in [-0.1, -0.05) is 6.08 Å². The monoisotopic (exact) mass is 193 g/mol. The number of nitriles is 1. The van der Waals surface area contributed by atoms with Gasteiger partial charge in [0.15, 0.2) is 0 Å². The molecule has 14 heavy (non-hydrogen) atoms. The topological polar surface area (TPSA) is 59.3 Å². The first-order valence-corrected chi connectivity index (χ1v) is 4.49. The average Bonchev–Trinajstić information content (AvgIpc) is 2.57. The van der Waals surface area contributed by atoms with Crippen molar-refractivity contribution in [3.63, 3.8) is 0 Å². The first-order chi connectivity index (χ1) is 6.51. The highest BCUT2D eigenvalue weighted by Crippen LogP contribution is 2.47. The van der Waals surface area contributed by atoms with Crippen LogP contribution in [0.4, 0.5) is 0 Å². The van der Waals surface area contributed by atoms with Crippen LogP contribution in [0.1, 0.15) is 20.3 Å². The van der Waals surface area contributed by atoms with E-state index in [9.17, 15) is 4.79 Å². The molecule has 0 aromatic carbocycles. The van der Waals surface area contributed by atoms with E-state index in [1.54, 1.807) is 13.0 Å². The van der Waals surface area contributed by atoms with Crippen LogP contribution in [0.25, 0.3) is 0 Å². The third kappa shape index (κ3) is 0.992. The number of carbonyl (C=O) groups excluding carboxylic acids is 1. The maximum atomic E-state index is 10.9. The Hall–Kier alpha value is -1.34. The second-order valence-electron chi connectivity index (χ2n) is 3.86. The van der Waals surface area contributed by atoms with Gasteiger partial charge in [-0.3, -0.25) is 4.79 Å². The van der Waals surface area contributed by atoms with Gasteiger partial charge in [0.2, 0.25) is 5.60 Å². The Morgan fingerprint density at radius 2 is 2.50 bits per heavy atom. The van der Waals surface area contributed by atoms with Crippen molar-refractivity contribution in [1.29, 1.82) is 5.26 Å². The van der Waals surface area contributed by atoms with E-state index in [0.29, 0.717) is 6.42 Å². The van der Waals surface area contributed by atoms with Crippen molar-refractivity contribution in [2.45, 2.75) is 37.6 Å². The number of hydrogen-bond acceptors (Lipinski definition) is 4. The lowest BCUT2D eigenvalue weighted by Gasteiger charge is -2.33. The molecule has 3 atom stereocenters. The fourth-order valence-electron chi connectivity index (χ4n) is 2.08. The van der Waals surface area contributed by atoms with E-state index in [1.807, 2.05) is 6.08 Å². The Kier molecular flexibility index (Phi) is 1.70. The molecule has 2 bridgehead atoms. The molecule has 1 saturated heterocycles. The smallest absolute Gasteiger partial charge is 0.304 e. The van der Waals surface area contributed by atoms with Crippen molar-refractivity contribution < 1.29 is 14.3 Å². The van der Waals surface area contributed by atoms with E-state index >= 15 is 0 Å². The zero-order valence-corrected chi connectivity index (χ0v) is 8.11. The molecule has 4 heteroatoms. The lowest BCUT2D eigenvalue weighted by atomic mass is 9.80. The molecule has 4 nitrogen and oxygen atoms in total. The fraction of sp³-hybridized carbons (Fsp3) is 0.600. The normalized spacial score (nSPS) is 43.6. The summed E-state index contributed by atoms with van der Waals surface area (Å²) < 4.78 is 10.7. The summed E-state index contributed by atoms with van der Waals surface area (Å²) >= 11 is 0. The molecular weight excluding hydrogens is 182 g/mol. The quantitative estimate of drug-likeness (QED) is 0.459. The summed E-state index contributed by atoms with van der Waals surface area (Å²) in [5.41, 5.74) is -1.92. The molecule has 2 aliphatic rings. The average molecular weight is 193 g/mol. The molecule has 0 spiro atoms. The third-order valence-corrected chi connectivity index (χ3v) is 2.81. The summed E-state index contributed by atoms with van der Waals surface area (Å²) in [6.07, 6.45) is 4.03. The summed E-state index contributed by atoms with van der Waals surface area (Å²) in [6, 6.07) is 2.06. The second-order valence-corrected chi connectivity index (χ2v) is 3.86. The van der Waals surface area contributed by atoms with Crippen LogP contribution >= 0.6 is 0 Å². The van der Waals surface area contributed by atoms with Gasteiger partial charge < -0.3 is 9.47 Å². The van der Waals surface area contributed by atoms with E-state index in [1.165, 1.54) is 6.92 Å². The van der Waals surface area contributed by atoms with Gasteiger partial charge in [0.1, 0.15) is 11.7 Å². The first-order valence-electron chi connectivity index (χ1n) is 4.49. The van der Waals surface area contributed by atoms with Crippen molar-refractivity contribution in [3.05, 3.63) is 12.2 Å². The summed E-state index contributed by atoms with van der Waals surface area (Å²) in [6.45, 7) is 3.07. The van der Waals surface area contributed by atoms with Gasteiger partial charge in [-0.05, 0) is 13.0 Å². The zero-order valence-electron chi connectivity index (χ0n) is 8.11. The molecular formula is C10H11NO3. The number of ether oxygens (including phenoxy) is 2. The Labute approximate surface area is 82.1 Å². The highest BCUT2D eigenvalue weighted by Gasteiger charge is 2.61. The number of nitrogens with zero attached hydrogens (tertiary/aromatic N) is 1. The van der Waals surface area contributed by atoms with Crippen LogP contribution in [0.3, 0.4) is 0 Å². The van der Waals surface area contributed by atoms with E-state index in [2.05, 4.69) is 6.07 Å². The van der Waals surface area contributed by atoms with Crippen LogP contribution in [-0.2, 0) is 14.3 Å². The van der Waals surface area contributed by atoms with Crippen molar-refractivity contribution in [2.75, 3.05) is 0 Å². The van der Waals surface area contributed by atoms with E-state index in [4.69, 9.17) is 14.7 Å². The molecule has 74 valence electrons. The van der Waals surface area contributed by atoms with E-state index in [-0.39, 0.29) is 6.10 Å². The maximum Gasteiger partial charge on any atom is 0.304 e. The van der Waals surface area contributed by atoms with Crippen molar-refractivity contribution in [2.24, 2.45) is 0 Å². The Bertz CT molecular complexity index is 357. The fourth-order valence-corrected chi connectivity index (χ4v) is 2.08. The van der Waals surface area contributed by atoms with Crippen LogP contribution in [0.5, 0.6) is 0 Å². The molecule has 2 heterocycles. The Balaban J connectivity index is 2.36. The van der Waals surface area contributed by atoms with Gasteiger partial charge in [0.25, 0.3) is 0 Å². The number of rotatable bonds is 1. The Morgan fingerprint density at radius 3 is 2.86 bits per heavy atom. The summed E-state index contributed by atoms with van der Waals surface area (Å²) in [7, 11) is 0. The number of esters is 1. The standard InChI is InChI=1S/C10H11NO3/c1-7(12)13-10(6-11)5-8-3-4-9(10,2)14-8/h3-4,8H,5H2,1-2H3/t8-,9+,10?/m1/s1. The molecule has 2 rings (SSSR count). The molecule has 0 N–H and O–H groups in total. The number of carbonyl (C=O) groups is 1. The predicted octanol–water partition coefficient (Wildman–Crippen LogP) is 0.929. The molecule has 2 aliphatic heterocycles. The van der Waals surface area contributed by atoms with Crippen LogP contribution < -0.4 is 0 Å². The molecule has 0 amide bonds. The first kappa shape index (κ1) is 9.22. The largest absolute Gasteiger partial charge is 0.440 e. The van der Waals surface area contributed by atoms with E-state index in [0.717, 1.165) is 0 Å². The number of fused-ring (bicyclic) bond motifs is 2. The zero-order chi connectivity index (χ0) is 10.4. The van der Waals surface area contributed by atoms with Gasteiger partial charge in [-0.2, -0.15) is 5.26 Å². The maximum absolute atomic E-state index is 10.9.